The molecule has 11 heavy (non-hydrogen) atoms. The molecule has 0 atom stereocenters. The molecule has 0 spiro atoms. The highest BCUT2D eigenvalue weighted by molar-refractivity contribution is 9.11. The third-order valence-electron chi connectivity index (χ3n) is 1.24. The van der Waals surface area contributed by atoms with Gasteiger partial charge in [-0.05, 0) is 31.9 Å². The molecule has 5 heteroatoms. The van der Waals surface area contributed by atoms with E-state index in [0.29, 0.717) is 0 Å². The SMILES string of the molecule is C[Si](C)(C)c1sc(Br)nc1Br. The van der Waals surface area contributed by atoms with Crippen molar-refractivity contribution in [2.45, 2.75) is 19.6 Å². The monoisotopic (exact) mass is 313 g/mol. The van der Waals surface area contributed by atoms with Gasteiger partial charge in [0.1, 0.15) is 4.60 Å². The van der Waals surface area contributed by atoms with Crippen molar-refractivity contribution < 1.29 is 0 Å². The van der Waals surface area contributed by atoms with Gasteiger partial charge in [0.2, 0.25) is 0 Å². The first kappa shape index (κ1) is 9.89. The maximum absolute atomic E-state index is 4.26. The first-order chi connectivity index (χ1) is 4.91. The van der Waals surface area contributed by atoms with Crippen LogP contribution in [0.2, 0.25) is 19.6 Å². The molecule has 0 aliphatic heterocycles. The van der Waals surface area contributed by atoms with E-state index in [-0.39, 0.29) is 0 Å². The van der Waals surface area contributed by atoms with Crippen LogP contribution in [0.15, 0.2) is 8.52 Å². The molecular weight excluding hydrogens is 306 g/mol. The first-order valence-electron chi connectivity index (χ1n) is 3.23. The molecular formula is C6H9Br2NSSi. The van der Waals surface area contributed by atoms with Crippen molar-refractivity contribution in [1.29, 1.82) is 0 Å². The van der Waals surface area contributed by atoms with Crippen LogP contribution in [-0.4, -0.2) is 13.1 Å². The van der Waals surface area contributed by atoms with Crippen LogP contribution in [0.25, 0.3) is 0 Å². The number of hydrogen-bond donors (Lipinski definition) is 0. The van der Waals surface area contributed by atoms with Gasteiger partial charge >= 0.3 is 0 Å². The molecule has 0 saturated heterocycles. The summed E-state index contributed by atoms with van der Waals surface area (Å²) in [4.78, 5) is 4.26. The Morgan fingerprint density at radius 1 is 1.27 bits per heavy atom. The number of hydrogen-bond acceptors (Lipinski definition) is 2. The van der Waals surface area contributed by atoms with Crippen LogP contribution >= 0.6 is 43.2 Å². The van der Waals surface area contributed by atoms with Gasteiger partial charge in [-0.2, -0.15) is 0 Å². The molecule has 0 radical (unpaired) electrons. The van der Waals surface area contributed by atoms with Gasteiger partial charge in [0.15, 0.2) is 3.92 Å². The highest BCUT2D eigenvalue weighted by Crippen LogP contribution is 2.22. The van der Waals surface area contributed by atoms with Crippen LogP contribution in [0, 0.1) is 0 Å². The Kier molecular flexibility index (Phi) is 2.95. The van der Waals surface area contributed by atoms with Crippen molar-refractivity contribution >= 4 is 55.8 Å². The molecule has 1 aromatic rings. The zero-order valence-electron chi connectivity index (χ0n) is 6.61. The van der Waals surface area contributed by atoms with E-state index in [1.54, 1.807) is 11.3 Å². The Morgan fingerprint density at radius 2 is 1.82 bits per heavy atom. The van der Waals surface area contributed by atoms with E-state index < -0.39 is 8.07 Å². The lowest BCUT2D eigenvalue weighted by molar-refractivity contribution is 1.33. The Labute approximate surface area is 88.5 Å². The van der Waals surface area contributed by atoms with Crippen molar-refractivity contribution in [1.82, 2.24) is 4.98 Å². The fourth-order valence-corrected chi connectivity index (χ4v) is 7.04. The normalized spacial score (nSPS) is 12.1. The van der Waals surface area contributed by atoms with Crippen molar-refractivity contribution in [2.75, 3.05) is 0 Å². The average Bonchev–Trinajstić information content (AvgIpc) is 2.08. The molecule has 0 fully saturated rings. The van der Waals surface area contributed by atoms with E-state index in [1.165, 1.54) is 4.50 Å². The van der Waals surface area contributed by atoms with Crippen LogP contribution in [0.1, 0.15) is 0 Å². The van der Waals surface area contributed by atoms with Gasteiger partial charge < -0.3 is 0 Å². The zero-order chi connectivity index (χ0) is 8.65. The van der Waals surface area contributed by atoms with Crippen molar-refractivity contribution in [3.63, 3.8) is 0 Å². The van der Waals surface area contributed by atoms with Gasteiger partial charge in [-0.15, -0.1) is 11.3 Å². The van der Waals surface area contributed by atoms with E-state index in [2.05, 4.69) is 56.5 Å². The number of aromatic nitrogens is 1. The summed E-state index contributed by atoms with van der Waals surface area (Å²) in [5.74, 6) is 0. The van der Waals surface area contributed by atoms with Crippen molar-refractivity contribution in [2.24, 2.45) is 0 Å². The second kappa shape index (κ2) is 3.28. The first-order valence-corrected chi connectivity index (χ1v) is 9.14. The lowest BCUT2D eigenvalue weighted by Crippen LogP contribution is -2.36. The molecule has 1 rings (SSSR count). The molecule has 0 aliphatic rings. The lowest BCUT2D eigenvalue weighted by Gasteiger charge is -2.12. The van der Waals surface area contributed by atoms with Crippen LogP contribution in [-0.2, 0) is 0 Å². The number of nitrogens with zero attached hydrogens (tertiary/aromatic N) is 1. The molecule has 0 aromatic carbocycles. The molecule has 1 nitrogen and oxygen atoms in total. The Hall–Kier alpha value is 0.807. The fourth-order valence-electron chi connectivity index (χ4n) is 0.740. The molecule has 0 bridgehead atoms. The zero-order valence-corrected chi connectivity index (χ0v) is 11.6. The molecule has 0 saturated carbocycles. The maximum Gasteiger partial charge on any atom is 0.160 e. The predicted molar refractivity (Wildman–Crippen MR) is 60.5 cm³/mol. The third-order valence-corrected chi connectivity index (χ3v) is 7.51. The molecule has 0 amide bonds. The van der Waals surface area contributed by atoms with E-state index in [4.69, 9.17) is 0 Å². The predicted octanol–water partition coefficient (Wildman–Crippen LogP) is 3.21. The van der Waals surface area contributed by atoms with Gasteiger partial charge in [0.05, 0.1) is 8.07 Å². The highest BCUT2D eigenvalue weighted by Gasteiger charge is 2.23. The number of halogens is 2. The topological polar surface area (TPSA) is 12.9 Å². The summed E-state index contributed by atoms with van der Waals surface area (Å²) in [5, 5.41) is 0. The van der Waals surface area contributed by atoms with Gasteiger partial charge in [-0.1, -0.05) is 19.6 Å². The lowest BCUT2D eigenvalue weighted by atomic mass is 11.0. The summed E-state index contributed by atoms with van der Waals surface area (Å²) in [6, 6.07) is 0. The van der Waals surface area contributed by atoms with E-state index >= 15 is 0 Å². The second-order valence-electron chi connectivity index (χ2n) is 3.34. The third kappa shape index (κ3) is 2.37. The highest BCUT2D eigenvalue weighted by atomic mass is 79.9. The van der Waals surface area contributed by atoms with Gasteiger partial charge in [-0.25, -0.2) is 4.98 Å². The largest absolute Gasteiger partial charge is 0.222 e. The number of thiazole rings is 1. The molecule has 0 unspecified atom stereocenters. The van der Waals surface area contributed by atoms with Gasteiger partial charge in [0, 0.05) is 4.50 Å². The maximum atomic E-state index is 4.26. The fraction of sp³-hybridized carbons (Fsp3) is 0.500. The van der Waals surface area contributed by atoms with Crippen LogP contribution < -0.4 is 4.50 Å². The van der Waals surface area contributed by atoms with E-state index in [1.807, 2.05) is 0 Å². The van der Waals surface area contributed by atoms with E-state index in [0.717, 1.165) is 8.52 Å². The van der Waals surface area contributed by atoms with Crippen molar-refractivity contribution in [3.05, 3.63) is 8.52 Å². The minimum atomic E-state index is -1.18. The van der Waals surface area contributed by atoms with Gasteiger partial charge in [-0.3, -0.25) is 0 Å². The quantitative estimate of drug-likeness (QED) is 0.725. The van der Waals surface area contributed by atoms with Gasteiger partial charge in [0.25, 0.3) is 0 Å². The minimum Gasteiger partial charge on any atom is -0.222 e. The Morgan fingerprint density at radius 3 is 2.00 bits per heavy atom. The summed E-state index contributed by atoms with van der Waals surface area (Å²) in [6.07, 6.45) is 0. The summed E-state index contributed by atoms with van der Waals surface area (Å²) >= 11 is 8.57. The van der Waals surface area contributed by atoms with Crippen LogP contribution in [0.4, 0.5) is 0 Å². The second-order valence-corrected chi connectivity index (χ2v) is 11.7. The number of rotatable bonds is 1. The summed E-state index contributed by atoms with van der Waals surface area (Å²) in [6.45, 7) is 6.95. The van der Waals surface area contributed by atoms with Crippen molar-refractivity contribution in [3.8, 4) is 0 Å². The molecule has 0 N–H and O–H groups in total. The standard InChI is InChI=1S/C6H9Br2NSSi/c1-11(2,3)5-4(7)9-6(8)10-5/h1-3H3. The average molecular weight is 315 g/mol. The Balaban J connectivity index is 3.13. The van der Waals surface area contributed by atoms with Crippen LogP contribution in [0.3, 0.4) is 0 Å². The van der Waals surface area contributed by atoms with E-state index in [9.17, 15) is 0 Å². The molecule has 1 aromatic heterocycles. The summed E-state index contributed by atoms with van der Waals surface area (Å²) in [7, 11) is -1.18. The van der Waals surface area contributed by atoms with Crippen LogP contribution in [0.5, 0.6) is 0 Å². The molecule has 0 aliphatic carbocycles. The minimum absolute atomic E-state index is 0.974. The molecule has 1 heterocycles. The Bertz CT molecular complexity index is 266. The summed E-state index contributed by atoms with van der Waals surface area (Å²) in [5.41, 5.74) is 0. The smallest absolute Gasteiger partial charge is 0.160 e. The summed E-state index contributed by atoms with van der Waals surface area (Å²) < 4.78 is 3.42. The molecule has 62 valence electrons.